The predicted octanol–water partition coefficient (Wildman–Crippen LogP) is 5.38. The van der Waals surface area contributed by atoms with E-state index in [1.54, 1.807) is 6.26 Å². The van der Waals surface area contributed by atoms with Gasteiger partial charge in [0.15, 0.2) is 0 Å². The lowest BCUT2D eigenvalue weighted by Gasteiger charge is -2.36. The van der Waals surface area contributed by atoms with Crippen molar-refractivity contribution >= 4 is 16.9 Å². The van der Waals surface area contributed by atoms with E-state index >= 15 is 4.39 Å². The second kappa shape index (κ2) is 6.77. The molecule has 1 saturated heterocycles. The van der Waals surface area contributed by atoms with Crippen LogP contribution < -0.4 is 0 Å². The maximum Gasteiger partial charge on any atom is 0.225 e. The van der Waals surface area contributed by atoms with Crippen molar-refractivity contribution in [3.63, 3.8) is 0 Å². The number of amides is 1. The molecule has 2 aromatic carbocycles. The van der Waals surface area contributed by atoms with E-state index in [2.05, 4.69) is 18.2 Å². The molecule has 0 radical (unpaired) electrons. The molecule has 144 valence electrons. The second-order valence-corrected chi connectivity index (χ2v) is 8.30. The Hall–Kier alpha value is -2.62. The first-order valence-electron chi connectivity index (χ1n) is 10.1. The normalized spacial score (nSPS) is 19.1. The third-order valence-corrected chi connectivity index (χ3v) is 6.16. The maximum atomic E-state index is 15.3. The molecule has 2 heterocycles. The van der Waals surface area contributed by atoms with Crippen LogP contribution in [-0.2, 0) is 11.2 Å². The SMILES string of the molecule is O=C(C1CC1)N1CCC(F)(Cc2ccc(-c3ccc4occc4c3)cc2)CC1. The Kier molecular flexibility index (Phi) is 4.22. The fourth-order valence-corrected chi connectivity index (χ4v) is 4.22. The number of carbonyl (C=O) groups excluding carboxylic acids is 1. The molecular weight excluding hydrogens is 353 g/mol. The number of fused-ring (bicyclic) bond motifs is 1. The van der Waals surface area contributed by atoms with Crippen molar-refractivity contribution in [2.24, 2.45) is 5.92 Å². The summed E-state index contributed by atoms with van der Waals surface area (Å²) in [6.45, 7) is 1.10. The molecule has 3 aromatic rings. The van der Waals surface area contributed by atoms with Crippen molar-refractivity contribution in [1.82, 2.24) is 4.90 Å². The van der Waals surface area contributed by atoms with Crippen LogP contribution in [0.5, 0.6) is 0 Å². The highest BCUT2D eigenvalue weighted by atomic mass is 19.1. The Morgan fingerprint density at radius 3 is 2.46 bits per heavy atom. The number of hydrogen-bond acceptors (Lipinski definition) is 2. The summed E-state index contributed by atoms with van der Waals surface area (Å²) in [6, 6.07) is 16.3. The molecule has 28 heavy (non-hydrogen) atoms. The molecule has 0 bridgehead atoms. The monoisotopic (exact) mass is 377 g/mol. The number of hydrogen-bond donors (Lipinski definition) is 0. The molecule has 0 N–H and O–H groups in total. The van der Waals surface area contributed by atoms with Crippen molar-refractivity contribution in [2.45, 2.75) is 37.8 Å². The van der Waals surface area contributed by atoms with E-state index in [-0.39, 0.29) is 11.8 Å². The molecule has 1 aliphatic carbocycles. The Bertz CT molecular complexity index is 995. The number of piperidine rings is 1. The van der Waals surface area contributed by atoms with E-state index in [1.807, 2.05) is 35.2 Å². The smallest absolute Gasteiger partial charge is 0.225 e. The number of rotatable bonds is 4. The van der Waals surface area contributed by atoms with Gasteiger partial charge in [0.25, 0.3) is 0 Å². The van der Waals surface area contributed by atoms with Crippen LogP contribution >= 0.6 is 0 Å². The van der Waals surface area contributed by atoms with Gasteiger partial charge in [-0.3, -0.25) is 4.79 Å². The van der Waals surface area contributed by atoms with Gasteiger partial charge in [-0.25, -0.2) is 4.39 Å². The largest absolute Gasteiger partial charge is 0.464 e. The highest BCUT2D eigenvalue weighted by molar-refractivity contribution is 5.83. The van der Waals surface area contributed by atoms with Crippen LogP contribution in [-0.4, -0.2) is 29.6 Å². The molecule has 0 unspecified atom stereocenters. The molecule has 1 aliphatic heterocycles. The third kappa shape index (κ3) is 3.44. The fourth-order valence-electron chi connectivity index (χ4n) is 4.22. The molecule has 0 atom stereocenters. The standard InChI is InChI=1S/C24H24FNO2/c25-24(10-12-26(13-11-24)23(27)19-5-6-19)16-17-1-3-18(4-2-17)20-7-8-22-21(15-20)9-14-28-22/h1-4,7-9,14-15,19H,5-6,10-13,16H2. The summed E-state index contributed by atoms with van der Waals surface area (Å²) in [5.74, 6) is 0.460. The van der Waals surface area contributed by atoms with E-state index in [1.165, 1.54) is 0 Å². The summed E-state index contributed by atoms with van der Waals surface area (Å²) in [5, 5.41) is 1.08. The van der Waals surface area contributed by atoms with E-state index in [0.29, 0.717) is 32.4 Å². The Labute approximate surface area is 164 Å². The van der Waals surface area contributed by atoms with Gasteiger partial charge < -0.3 is 9.32 Å². The number of halogens is 1. The van der Waals surface area contributed by atoms with Gasteiger partial charge in [-0.1, -0.05) is 30.3 Å². The fraction of sp³-hybridized carbons (Fsp3) is 0.375. The van der Waals surface area contributed by atoms with E-state index < -0.39 is 5.67 Å². The number of likely N-dealkylation sites (tertiary alicyclic amines) is 1. The quantitative estimate of drug-likeness (QED) is 0.611. The third-order valence-electron chi connectivity index (χ3n) is 6.16. The molecule has 4 heteroatoms. The summed E-state index contributed by atoms with van der Waals surface area (Å²) in [6.07, 6.45) is 5.00. The van der Waals surface area contributed by atoms with Gasteiger partial charge in [0, 0.05) is 30.8 Å². The van der Waals surface area contributed by atoms with Crippen LogP contribution in [0.3, 0.4) is 0 Å². The van der Waals surface area contributed by atoms with Gasteiger partial charge in [-0.2, -0.15) is 0 Å². The Balaban J connectivity index is 1.25. The van der Waals surface area contributed by atoms with Crippen LogP contribution in [0.1, 0.15) is 31.2 Å². The zero-order valence-electron chi connectivity index (χ0n) is 15.9. The first kappa shape index (κ1) is 17.5. The molecule has 1 saturated carbocycles. The van der Waals surface area contributed by atoms with Crippen LogP contribution in [0, 0.1) is 5.92 Å². The number of benzene rings is 2. The van der Waals surface area contributed by atoms with Crippen LogP contribution in [0.25, 0.3) is 22.1 Å². The van der Waals surface area contributed by atoms with Crippen molar-refractivity contribution in [3.05, 3.63) is 60.4 Å². The summed E-state index contributed by atoms with van der Waals surface area (Å²) in [5.41, 5.74) is 2.92. The summed E-state index contributed by atoms with van der Waals surface area (Å²) in [7, 11) is 0. The van der Waals surface area contributed by atoms with Gasteiger partial charge >= 0.3 is 0 Å². The lowest BCUT2D eigenvalue weighted by atomic mass is 9.86. The van der Waals surface area contributed by atoms with Crippen molar-refractivity contribution < 1.29 is 13.6 Å². The van der Waals surface area contributed by atoms with E-state index in [4.69, 9.17) is 4.42 Å². The summed E-state index contributed by atoms with van der Waals surface area (Å²) < 4.78 is 20.7. The van der Waals surface area contributed by atoms with Gasteiger partial charge in [0.2, 0.25) is 5.91 Å². The predicted molar refractivity (Wildman–Crippen MR) is 108 cm³/mol. The molecule has 0 spiro atoms. The van der Waals surface area contributed by atoms with Crippen LogP contribution in [0.2, 0.25) is 0 Å². The molecule has 3 nitrogen and oxygen atoms in total. The highest BCUT2D eigenvalue weighted by Crippen LogP contribution is 2.35. The van der Waals surface area contributed by atoms with Gasteiger partial charge in [0.1, 0.15) is 11.3 Å². The zero-order valence-corrected chi connectivity index (χ0v) is 15.9. The minimum atomic E-state index is -1.21. The van der Waals surface area contributed by atoms with Crippen molar-refractivity contribution in [2.75, 3.05) is 13.1 Å². The van der Waals surface area contributed by atoms with E-state index in [0.717, 1.165) is 40.5 Å². The summed E-state index contributed by atoms with van der Waals surface area (Å²) in [4.78, 5) is 14.0. The topological polar surface area (TPSA) is 33.5 Å². The number of carbonyl (C=O) groups is 1. The first-order chi connectivity index (χ1) is 13.6. The number of furan rings is 1. The lowest BCUT2D eigenvalue weighted by Crippen LogP contribution is -2.46. The molecule has 1 amide bonds. The maximum absolute atomic E-state index is 15.3. The van der Waals surface area contributed by atoms with Crippen LogP contribution in [0.4, 0.5) is 4.39 Å². The Morgan fingerprint density at radius 2 is 1.75 bits per heavy atom. The first-order valence-corrected chi connectivity index (χ1v) is 10.1. The molecular formula is C24H24FNO2. The van der Waals surface area contributed by atoms with Crippen molar-refractivity contribution in [3.8, 4) is 11.1 Å². The van der Waals surface area contributed by atoms with E-state index in [9.17, 15) is 4.79 Å². The summed E-state index contributed by atoms with van der Waals surface area (Å²) >= 11 is 0. The van der Waals surface area contributed by atoms with Gasteiger partial charge in [-0.05, 0) is 60.6 Å². The lowest BCUT2D eigenvalue weighted by molar-refractivity contribution is -0.135. The average molecular weight is 377 g/mol. The minimum absolute atomic E-state index is 0.223. The number of alkyl halides is 1. The molecule has 2 fully saturated rings. The van der Waals surface area contributed by atoms with Gasteiger partial charge in [-0.15, -0.1) is 0 Å². The molecule has 5 rings (SSSR count). The second-order valence-electron chi connectivity index (χ2n) is 8.30. The molecule has 2 aliphatic rings. The Morgan fingerprint density at radius 1 is 1.04 bits per heavy atom. The van der Waals surface area contributed by atoms with Crippen LogP contribution in [0.15, 0.2) is 59.2 Å². The average Bonchev–Trinajstić information content (AvgIpc) is 3.45. The van der Waals surface area contributed by atoms with Gasteiger partial charge in [0.05, 0.1) is 6.26 Å². The number of nitrogens with zero attached hydrogens (tertiary/aromatic N) is 1. The minimum Gasteiger partial charge on any atom is -0.464 e. The highest BCUT2D eigenvalue weighted by Gasteiger charge is 2.39. The molecule has 1 aromatic heterocycles. The zero-order chi connectivity index (χ0) is 19.1. The van der Waals surface area contributed by atoms with Crippen molar-refractivity contribution in [1.29, 1.82) is 0 Å².